The second-order valence-electron chi connectivity index (χ2n) is 5.71. The Bertz CT molecular complexity index is 999. The minimum atomic E-state index is -1.04. The molecule has 3 aromatic rings. The molecule has 27 heavy (non-hydrogen) atoms. The molecule has 0 fully saturated rings. The van der Waals surface area contributed by atoms with E-state index in [4.69, 9.17) is 4.74 Å². The van der Waals surface area contributed by atoms with Crippen molar-refractivity contribution in [3.63, 3.8) is 0 Å². The second kappa shape index (κ2) is 7.67. The molecule has 3 rings (SSSR count). The van der Waals surface area contributed by atoms with Crippen molar-refractivity contribution in [3.05, 3.63) is 59.2 Å². The van der Waals surface area contributed by atoms with Crippen LogP contribution >= 0.6 is 11.3 Å². The van der Waals surface area contributed by atoms with Crippen LogP contribution < -0.4 is 5.32 Å². The number of amides is 1. The van der Waals surface area contributed by atoms with Crippen molar-refractivity contribution in [3.8, 4) is 11.3 Å². The summed E-state index contributed by atoms with van der Waals surface area (Å²) < 4.78 is 33.1. The zero-order valence-corrected chi connectivity index (χ0v) is 15.2. The largest absolute Gasteiger partial charge is 0.448 e. The second-order valence-corrected chi connectivity index (χ2v) is 6.57. The molecule has 140 valence electrons. The number of anilines is 1. The number of hydrogen-bond acceptors (Lipinski definition) is 5. The molecule has 1 aromatic carbocycles. The molecule has 2 aromatic heterocycles. The summed E-state index contributed by atoms with van der Waals surface area (Å²) in [6.07, 6.45) is 0.652. The van der Waals surface area contributed by atoms with Gasteiger partial charge in [-0.1, -0.05) is 0 Å². The van der Waals surface area contributed by atoms with Crippen LogP contribution in [-0.2, 0) is 16.6 Å². The maximum atomic E-state index is 13.3. The number of aryl methyl sites for hydroxylation is 1. The summed E-state index contributed by atoms with van der Waals surface area (Å²) >= 11 is 1.12. The van der Waals surface area contributed by atoms with E-state index in [-0.39, 0.29) is 5.13 Å². The Morgan fingerprint density at radius 2 is 2.04 bits per heavy atom. The first-order valence-electron chi connectivity index (χ1n) is 7.89. The minimum absolute atomic E-state index is 0.251. The van der Waals surface area contributed by atoms with E-state index in [9.17, 15) is 18.4 Å². The van der Waals surface area contributed by atoms with Gasteiger partial charge >= 0.3 is 5.97 Å². The van der Waals surface area contributed by atoms with Gasteiger partial charge < -0.3 is 9.30 Å². The van der Waals surface area contributed by atoms with Crippen molar-refractivity contribution in [1.29, 1.82) is 0 Å². The standard InChI is InChI=1S/C18H15F2N3O3S/c1-10(26-17(25)15-4-3-7-23(15)2)16(24)22-18-21-14(9-27-18)11-5-6-12(19)13(20)8-11/h3-10H,1-2H3,(H,21,22,24)/t10-/m0/s1. The molecule has 9 heteroatoms. The quantitative estimate of drug-likeness (QED) is 0.675. The molecule has 2 heterocycles. The molecular formula is C18H15F2N3O3S. The lowest BCUT2D eigenvalue weighted by atomic mass is 10.2. The predicted octanol–water partition coefficient (Wildman–Crippen LogP) is 3.61. The fourth-order valence-corrected chi connectivity index (χ4v) is 3.00. The third kappa shape index (κ3) is 4.20. The summed E-state index contributed by atoms with van der Waals surface area (Å²) in [7, 11) is 1.69. The van der Waals surface area contributed by atoms with Gasteiger partial charge in [-0.2, -0.15) is 0 Å². The number of nitrogens with one attached hydrogen (secondary N) is 1. The summed E-state index contributed by atoms with van der Waals surface area (Å²) in [6.45, 7) is 1.44. The number of nitrogens with zero attached hydrogens (tertiary/aromatic N) is 2. The van der Waals surface area contributed by atoms with Crippen LogP contribution in [0.25, 0.3) is 11.3 Å². The maximum absolute atomic E-state index is 13.3. The van der Waals surface area contributed by atoms with Crippen molar-refractivity contribution in [1.82, 2.24) is 9.55 Å². The highest BCUT2D eigenvalue weighted by molar-refractivity contribution is 7.14. The van der Waals surface area contributed by atoms with Crippen molar-refractivity contribution >= 4 is 28.3 Å². The molecule has 0 radical (unpaired) electrons. The van der Waals surface area contributed by atoms with Gasteiger partial charge in [0.15, 0.2) is 22.9 Å². The fraction of sp³-hybridized carbons (Fsp3) is 0.167. The molecule has 0 saturated carbocycles. The molecule has 0 spiro atoms. The molecule has 1 atom stereocenters. The van der Waals surface area contributed by atoms with Gasteiger partial charge in [0.1, 0.15) is 5.69 Å². The minimum Gasteiger partial charge on any atom is -0.448 e. The Balaban J connectivity index is 1.64. The van der Waals surface area contributed by atoms with Gasteiger partial charge in [-0.15, -0.1) is 11.3 Å². The third-order valence-corrected chi connectivity index (χ3v) is 4.51. The van der Waals surface area contributed by atoms with Crippen LogP contribution in [0.1, 0.15) is 17.4 Å². The molecule has 1 N–H and O–H groups in total. The SMILES string of the molecule is C[C@H](OC(=O)c1cccn1C)C(=O)Nc1nc(-c2ccc(F)c(F)c2)cs1. The van der Waals surface area contributed by atoms with E-state index in [0.717, 1.165) is 23.5 Å². The van der Waals surface area contributed by atoms with E-state index in [0.29, 0.717) is 17.0 Å². The Hall–Kier alpha value is -3.07. The van der Waals surface area contributed by atoms with Gasteiger partial charge in [0.2, 0.25) is 0 Å². The van der Waals surface area contributed by atoms with Crippen LogP contribution in [0.15, 0.2) is 41.9 Å². The highest BCUT2D eigenvalue weighted by Gasteiger charge is 2.21. The third-order valence-electron chi connectivity index (χ3n) is 3.76. The van der Waals surface area contributed by atoms with Crippen molar-refractivity contribution in [2.24, 2.45) is 7.05 Å². The van der Waals surface area contributed by atoms with Gasteiger partial charge in [0, 0.05) is 24.2 Å². The van der Waals surface area contributed by atoms with Gasteiger partial charge in [-0.05, 0) is 37.3 Å². The molecule has 6 nitrogen and oxygen atoms in total. The number of carbonyl (C=O) groups is 2. The summed E-state index contributed by atoms with van der Waals surface area (Å²) in [5.41, 5.74) is 1.10. The van der Waals surface area contributed by atoms with E-state index in [1.165, 1.54) is 13.0 Å². The number of rotatable bonds is 5. The molecule has 0 aliphatic heterocycles. The van der Waals surface area contributed by atoms with Gasteiger partial charge in [-0.25, -0.2) is 18.6 Å². The van der Waals surface area contributed by atoms with Crippen LogP contribution in [-0.4, -0.2) is 27.5 Å². The molecule has 0 aliphatic rings. The van der Waals surface area contributed by atoms with E-state index in [1.807, 2.05) is 0 Å². The number of halogens is 2. The zero-order valence-electron chi connectivity index (χ0n) is 14.4. The topological polar surface area (TPSA) is 73.2 Å². The number of esters is 1. The number of thiazole rings is 1. The van der Waals surface area contributed by atoms with Crippen molar-refractivity contribution in [2.45, 2.75) is 13.0 Å². The maximum Gasteiger partial charge on any atom is 0.355 e. The molecule has 0 bridgehead atoms. The first-order valence-corrected chi connectivity index (χ1v) is 8.77. The number of hydrogen-bond donors (Lipinski definition) is 1. The average Bonchev–Trinajstić information content (AvgIpc) is 3.26. The summed E-state index contributed by atoms with van der Waals surface area (Å²) in [4.78, 5) is 28.4. The molecular weight excluding hydrogens is 376 g/mol. The zero-order chi connectivity index (χ0) is 19.6. The van der Waals surface area contributed by atoms with Gasteiger partial charge in [0.25, 0.3) is 5.91 Å². The van der Waals surface area contributed by atoms with Crippen LogP contribution in [0.5, 0.6) is 0 Å². The summed E-state index contributed by atoms with van der Waals surface area (Å²) in [5, 5.41) is 4.39. The van der Waals surface area contributed by atoms with Crippen molar-refractivity contribution < 1.29 is 23.1 Å². The Kier molecular flexibility index (Phi) is 5.31. The van der Waals surface area contributed by atoms with Crippen LogP contribution in [0.3, 0.4) is 0 Å². The number of carbonyl (C=O) groups excluding carboxylic acids is 2. The highest BCUT2D eigenvalue weighted by atomic mass is 32.1. The lowest BCUT2D eigenvalue weighted by molar-refractivity contribution is -0.123. The highest BCUT2D eigenvalue weighted by Crippen LogP contribution is 2.26. The normalized spacial score (nSPS) is 11.9. The molecule has 0 unspecified atom stereocenters. The van der Waals surface area contributed by atoms with Gasteiger partial charge in [-0.3, -0.25) is 10.1 Å². The number of aromatic nitrogens is 2. The van der Waals surface area contributed by atoms with Crippen LogP contribution in [0.2, 0.25) is 0 Å². The molecule has 1 amide bonds. The molecule has 0 aliphatic carbocycles. The van der Waals surface area contributed by atoms with Crippen LogP contribution in [0.4, 0.5) is 13.9 Å². The first kappa shape index (κ1) is 18.7. The van der Waals surface area contributed by atoms with E-state index in [1.54, 1.807) is 35.3 Å². The summed E-state index contributed by atoms with van der Waals surface area (Å²) in [6, 6.07) is 6.70. The Morgan fingerprint density at radius 3 is 2.70 bits per heavy atom. The van der Waals surface area contributed by atoms with Crippen LogP contribution in [0, 0.1) is 11.6 Å². The summed E-state index contributed by atoms with van der Waals surface area (Å²) in [5.74, 6) is -3.10. The lowest BCUT2D eigenvalue weighted by Crippen LogP contribution is -2.30. The number of ether oxygens (including phenoxy) is 1. The van der Waals surface area contributed by atoms with E-state index < -0.39 is 29.6 Å². The lowest BCUT2D eigenvalue weighted by Gasteiger charge is -2.12. The average molecular weight is 391 g/mol. The monoisotopic (exact) mass is 391 g/mol. The predicted molar refractivity (Wildman–Crippen MR) is 96.4 cm³/mol. The smallest absolute Gasteiger partial charge is 0.355 e. The molecule has 0 saturated heterocycles. The van der Waals surface area contributed by atoms with Gasteiger partial charge in [0.05, 0.1) is 5.69 Å². The van der Waals surface area contributed by atoms with E-state index in [2.05, 4.69) is 10.3 Å². The fourth-order valence-electron chi connectivity index (χ4n) is 2.27. The Labute approximate surface area is 157 Å². The first-order chi connectivity index (χ1) is 12.8. The number of benzene rings is 1. The van der Waals surface area contributed by atoms with Crippen molar-refractivity contribution in [2.75, 3.05) is 5.32 Å². The van der Waals surface area contributed by atoms with E-state index >= 15 is 0 Å². The Morgan fingerprint density at radius 1 is 1.26 bits per heavy atom.